The van der Waals surface area contributed by atoms with Gasteiger partial charge in [-0.05, 0) is 17.7 Å². The first kappa shape index (κ1) is 15.8. The quantitative estimate of drug-likeness (QED) is 0.671. The first-order valence-electron chi connectivity index (χ1n) is 5.28. The molecule has 0 aliphatic carbocycles. The summed E-state index contributed by atoms with van der Waals surface area (Å²) in [6.07, 6.45) is -0.341. The molecule has 0 bridgehead atoms. The van der Waals surface area contributed by atoms with Crippen LogP contribution in [0, 0.1) is 0 Å². The summed E-state index contributed by atoms with van der Waals surface area (Å²) in [5.74, 6) is 0.515. The molecule has 1 aromatic carbocycles. The van der Waals surface area contributed by atoms with Crippen molar-refractivity contribution in [2.45, 2.75) is 6.10 Å². The Hall–Kier alpha value is -0.305. The number of aliphatic hydroxyl groups excluding tert-OH is 1. The van der Waals surface area contributed by atoms with E-state index in [1.165, 1.54) is 0 Å². The summed E-state index contributed by atoms with van der Waals surface area (Å²) < 4.78 is 11.5. The molecular weight excluding hydrogens is 324 g/mol. The topological polar surface area (TPSA) is 84.9 Å². The molecule has 2 rings (SSSR count). The molecule has 1 heterocycles. The predicted octanol–water partition coefficient (Wildman–Crippen LogP) is -0.0405. The van der Waals surface area contributed by atoms with E-state index in [2.05, 4.69) is 15.9 Å². The molecular formula is C10H14BBrClNO4. The van der Waals surface area contributed by atoms with E-state index in [1.54, 1.807) is 6.07 Å². The summed E-state index contributed by atoms with van der Waals surface area (Å²) in [7, 11) is -1.04. The van der Waals surface area contributed by atoms with Crippen LogP contribution >= 0.6 is 28.3 Å². The number of hydrogen-bond donors (Lipinski definition) is 3. The SMILES string of the molecule is Cl.NCC1OB(O)c2c(OCCO)ccc(Br)c21. The molecule has 0 amide bonds. The Morgan fingerprint density at radius 2 is 2.22 bits per heavy atom. The van der Waals surface area contributed by atoms with Gasteiger partial charge in [-0.2, -0.15) is 0 Å². The number of aliphatic hydroxyl groups is 1. The van der Waals surface area contributed by atoms with Crippen molar-refractivity contribution < 1.29 is 19.5 Å². The van der Waals surface area contributed by atoms with Gasteiger partial charge in [-0.1, -0.05) is 15.9 Å². The van der Waals surface area contributed by atoms with Crippen molar-refractivity contribution in [1.82, 2.24) is 0 Å². The highest BCUT2D eigenvalue weighted by Crippen LogP contribution is 2.33. The molecule has 1 aromatic rings. The summed E-state index contributed by atoms with van der Waals surface area (Å²) in [6, 6.07) is 3.54. The van der Waals surface area contributed by atoms with Crippen molar-refractivity contribution in [3.05, 3.63) is 22.2 Å². The Morgan fingerprint density at radius 3 is 2.83 bits per heavy atom. The van der Waals surface area contributed by atoms with Crippen molar-refractivity contribution in [2.24, 2.45) is 5.73 Å². The van der Waals surface area contributed by atoms with E-state index >= 15 is 0 Å². The zero-order valence-corrected chi connectivity index (χ0v) is 11.9. The highest BCUT2D eigenvalue weighted by molar-refractivity contribution is 9.10. The van der Waals surface area contributed by atoms with E-state index in [0.29, 0.717) is 11.2 Å². The molecule has 0 fully saturated rings. The summed E-state index contributed by atoms with van der Waals surface area (Å²) in [5.41, 5.74) is 6.99. The zero-order chi connectivity index (χ0) is 12.4. The van der Waals surface area contributed by atoms with Crippen LogP contribution in [0.5, 0.6) is 5.75 Å². The van der Waals surface area contributed by atoms with Crippen molar-refractivity contribution in [1.29, 1.82) is 0 Å². The van der Waals surface area contributed by atoms with Crippen LogP contribution in [0.4, 0.5) is 0 Å². The largest absolute Gasteiger partial charge is 0.495 e. The Kier molecular flexibility index (Phi) is 5.90. The molecule has 0 radical (unpaired) electrons. The second kappa shape index (κ2) is 6.74. The number of nitrogens with two attached hydrogens (primary N) is 1. The molecule has 0 aromatic heterocycles. The molecule has 0 saturated heterocycles. The molecule has 18 heavy (non-hydrogen) atoms. The number of benzene rings is 1. The van der Waals surface area contributed by atoms with Crippen molar-refractivity contribution in [3.63, 3.8) is 0 Å². The Bertz CT molecular complexity index is 423. The zero-order valence-electron chi connectivity index (χ0n) is 9.51. The molecule has 100 valence electrons. The van der Waals surface area contributed by atoms with Crippen molar-refractivity contribution in [3.8, 4) is 5.75 Å². The number of ether oxygens (including phenoxy) is 1. The second-order valence-corrected chi connectivity index (χ2v) is 4.51. The molecule has 5 nitrogen and oxygen atoms in total. The van der Waals surface area contributed by atoms with Crippen molar-refractivity contribution >= 4 is 40.9 Å². The fourth-order valence-electron chi connectivity index (χ4n) is 1.92. The van der Waals surface area contributed by atoms with Gasteiger partial charge in [0.25, 0.3) is 0 Å². The van der Waals surface area contributed by atoms with E-state index in [4.69, 9.17) is 20.2 Å². The summed E-state index contributed by atoms with van der Waals surface area (Å²) >= 11 is 3.41. The first-order valence-corrected chi connectivity index (χ1v) is 6.08. The Labute approximate surface area is 120 Å². The van der Waals surface area contributed by atoms with Crippen molar-refractivity contribution in [2.75, 3.05) is 19.8 Å². The minimum atomic E-state index is -1.04. The lowest BCUT2D eigenvalue weighted by Gasteiger charge is -2.12. The average Bonchev–Trinajstić information content (AvgIpc) is 2.67. The third-order valence-corrected chi connectivity index (χ3v) is 3.31. The van der Waals surface area contributed by atoms with Gasteiger partial charge < -0.3 is 25.3 Å². The smallest absolute Gasteiger partial charge is 0.492 e. The monoisotopic (exact) mass is 337 g/mol. The van der Waals surface area contributed by atoms with Gasteiger partial charge in [0, 0.05) is 16.5 Å². The van der Waals surface area contributed by atoms with Gasteiger partial charge in [-0.15, -0.1) is 12.4 Å². The van der Waals surface area contributed by atoms with Crippen LogP contribution in [0.15, 0.2) is 16.6 Å². The van der Waals surface area contributed by atoms with Gasteiger partial charge in [0.2, 0.25) is 0 Å². The molecule has 8 heteroatoms. The maximum Gasteiger partial charge on any atom is 0.495 e. The maximum absolute atomic E-state index is 9.85. The van der Waals surface area contributed by atoms with E-state index < -0.39 is 7.12 Å². The number of fused-ring (bicyclic) bond motifs is 1. The van der Waals surface area contributed by atoms with Gasteiger partial charge in [-0.25, -0.2) is 0 Å². The lowest BCUT2D eigenvalue weighted by Crippen LogP contribution is -2.30. The van der Waals surface area contributed by atoms with Crippen LogP contribution in [-0.4, -0.2) is 37.0 Å². The third-order valence-electron chi connectivity index (χ3n) is 2.62. The lowest BCUT2D eigenvalue weighted by atomic mass is 9.78. The standard InChI is InChI=1S/C10H13BBrNO4.ClH/c12-6-1-2-7(16-4-3-14)10-9(6)8(5-13)17-11(10)15;/h1-2,8,14-15H,3-5,13H2;1H. The normalized spacial score (nSPS) is 17.3. The summed E-state index contributed by atoms with van der Waals surface area (Å²) in [5, 5.41) is 18.6. The van der Waals surface area contributed by atoms with Gasteiger partial charge in [0.1, 0.15) is 12.4 Å². The fraction of sp³-hybridized carbons (Fsp3) is 0.400. The second-order valence-electron chi connectivity index (χ2n) is 3.66. The van der Waals surface area contributed by atoms with Gasteiger partial charge in [-0.3, -0.25) is 0 Å². The molecule has 0 saturated carbocycles. The van der Waals surface area contributed by atoms with Gasteiger partial charge >= 0.3 is 7.12 Å². The van der Waals surface area contributed by atoms with Crippen LogP contribution in [0.1, 0.15) is 11.7 Å². The predicted molar refractivity (Wildman–Crippen MR) is 74.5 cm³/mol. The number of hydrogen-bond acceptors (Lipinski definition) is 5. The average molecular weight is 338 g/mol. The highest BCUT2D eigenvalue weighted by atomic mass is 79.9. The molecule has 1 aliphatic heterocycles. The molecule has 1 atom stereocenters. The highest BCUT2D eigenvalue weighted by Gasteiger charge is 2.38. The van der Waals surface area contributed by atoms with Crippen LogP contribution in [0.3, 0.4) is 0 Å². The van der Waals surface area contributed by atoms with Crippen LogP contribution in [0.25, 0.3) is 0 Å². The van der Waals surface area contributed by atoms with Crippen LogP contribution in [-0.2, 0) is 4.65 Å². The molecule has 1 aliphatic rings. The Balaban J connectivity index is 0.00000162. The van der Waals surface area contributed by atoms with Crippen LogP contribution < -0.4 is 15.9 Å². The summed E-state index contributed by atoms with van der Waals surface area (Å²) in [6.45, 7) is 0.377. The molecule has 1 unspecified atom stereocenters. The number of rotatable bonds is 4. The van der Waals surface area contributed by atoms with E-state index in [9.17, 15) is 5.02 Å². The summed E-state index contributed by atoms with van der Waals surface area (Å²) in [4.78, 5) is 0. The minimum absolute atomic E-state index is 0. The fourth-order valence-corrected chi connectivity index (χ4v) is 2.52. The molecule has 4 N–H and O–H groups in total. The first-order chi connectivity index (χ1) is 8.19. The van der Waals surface area contributed by atoms with E-state index in [1.807, 2.05) is 6.07 Å². The Morgan fingerprint density at radius 1 is 1.50 bits per heavy atom. The number of halogens is 2. The minimum Gasteiger partial charge on any atom is -0.492 e. The van der Waals surface area contributed by atoms with E-state index in [0.717, 1.165) is 10.0 Å². The molecule has 0 spiro atoms. The van der Waals surface area contributed by atoms with Crippen LogP contribution in [0.2, 0.25) is 0 Å². The third kappa shape index (κ3) is 2.82. The van der Waals surface area contributed by atoms with Gasteiger partial charge in [0.15, 0.2) is 0 Å². The van der Waals surface area contributed by atoms with E-state index in [-0.39, 0.29) is 38.3 Å². The van der Waals surface area contributed by atoms with Gasteiger partial charge in [0.05, 0.1) is 12.7 Å². The lowest BCUT2D eigenvalue weighted by molar-refractivity contribution is 0.196. The maximum atomic E-state index is 9.85.